The zero-order chi connectivity index (χ0) is 39.4. The molecule has 0 fully saturated rings. The summed E-state index contributed by atoms with van der Waals surface area (Å²) in [5.74, 6) is 2.42. The lowest BCUT2D eigenvalue weighted by molar-refractivity contribution is 0.240. The van der Waals surface area contributed by atoms with E-state index < -0.39 is 0 Å². The molecule has 308 valence electrons. The fourth-order valence-electron chi connectivity index (χ4n) is 5.83. The van der Waals surface area contributed by atoms with E-state index in [0.717, 1.165) is 65.0 Å². The number of hydrogen-bond acceptors (Lipinski definition) is 24. The Labute approximate surface area is 332 Å². The number of anilines is 8. The summed E-state index contributed by atoms with van der Waals surface area (Å²) < 4.78 is 0. The Morgan fingerprint density at radius 2 is 0.518 bits per heavy atom. The van der Waals surface area contributed by atoms with E-state index in [-0.39, 0.29) is 60.0 Å². The summed E-state index contributed by atoms with van der Waals surface area (Å²) in [6.45, 7) is 6.62. The van der Waals surface area contributed by atoms with Crippen LogP contribution >= 0.6 is 12.4 Å². The molecule has 24 nitrogen and oxygen atoms in total. The Kier molecular flexibility index (Phi) is 19.4. The maximum atomic E-state index is 5.76. The molecule has 0 amide bonds. The van der Waals surface area contributed by atoms with Crippen molar-refractivity contribution in [1.82, 2.24) is 80.2 Å². The van der Waals surface area contributed by atoms with Gasteiger partial charge in [0.05, 0.1) is 26.2 Å². The highest BCUT2D eigenvalue weighted by Crippen LogP contribution is 2.11. The van der Waals surface area contributed by atoms with Crippen LogP contribution < -0.4 is 56.5 Å². The molecule has 0 aliphatic carbocycles. The number of nitrogen functional groups attached to an aromatic ring is 8. The molecular formula is C31H57ClN24. The van der Waals surface area contributed by atoms with Crippen molar-refractivity contribution in [2.45, 2.75) is 84.0 Å². The molecule has 0 bridgehead atoms. The normalized spacial score (nSPS) is 11.3. The molecule has 0 unspecified atom stereocenters. The molecule has 0 radical (unpaired) electrons. The Hall–Kier alpha value is -5.43. The van der Waals surface area contributed by atoms with Crippen molar-refractivity contribution < 1.29 is 0 Å². The van der Waals surface area contributed by atoms with Crippen LogP contribution in [-0.4, -0.2) is 109 Å². The monoisotopic (exact) mass is 800 g/mol. The van der Waals surface area contributed by atoms with E-state index in [2.05, 4.69) is 80.2 Å². The zero-order valence-corrected chi connectivity index (χ0v) is 32.5. The van der Waals surface area contributed by atoms with Gasteiger partial charge in [-0.3, -0.25) is 9.80 Å². The number of nitrogens with two attached hydrogens (primary N) is 8. The van der Waals surface area contributed by atoms with Gasteiger partial charge in [-0.2, -0.15) is 59.8 Å². The average Bonchev–Trinajstić information content (AvgIpc) is 3.07. The number of unbranched alkanes of at least 4 members (excludes halogenated alkanes) is 6. The zero-order valence-electron chi connectivity index (χ0n) is 31.7. The Balaban J connectivity index is 0.00000841. The summed E-state index contributed by atoms with van der Waals surface area (Å²) >= 11 is 0. The molecule has 4 aromatic heterocycles. The fourth-order valence-corrected chi connectivity index (χ4v) is 5.83. The quantitative estimate of drug-likeness (QED) is 0.0337. The van der Waals surface area contributed by atoms with Crippen molar-refractivity contribution >= 4 is 60.0 Å². The van der Waals surface area contributed by atoms with Crippen molar-refractivity contribution in [2.24, 2.45) is 0 Å². The molecule has 4 aromatic rings. The van der Waals surface area contributed by atoms with Gasteiger partial charge in [-0.05, 0) is 51.9 Å². The van der Waals surface area contributed by atoms with Gasteiger partial charge in [0.15, 0.2) is 0 Å². The number of nitrogens with zero attached hydrogens (tertiary/aromatic N) is 14. The molecule has 0 saturated carbocycles. The Morgan fingerprint density at radius 1 is 0.304 bits per heavy atom. The number of rotatable bonds is 26. The smallest absolute Gasteiger partial charge is 0.225 e. The van der Waals surface area contributed by atoms with Crippen LogP contribution in [0.5, 0.6) is 0 Å². The van der Waals surface area contributed by atoms with Crippen molar-refractivity contribution in [3.05, 3.63) is 23.3 Å². The molecule has 0 spiro atoms. The van der Waals surface area contributed by atoms with E-state index in [0.29, 0.717) is 49.5 Å². The van der Waals surface area contributed by atoms with Crippen LogP contribution in [0.2, 0.25) is 0 Å². The lowest BCUT2D eigenvalue weighted by Gasteiger charge is -2.21. The van der Waals surface area contributed by atoms with E-state index in [4.69, 9.17) is 45.9 Å². The molecule has 0 saturated heterocycles. The van der Waals surface area contributed by atoms with Crippen LogP contribution in [0.3, 0.4) is 0 Å². The minimum atomic E-state index is 0. The van der Waals surface area contributed by atoms with Gasteiger partial charge in [-0.15, -0.1) is 12.4 Å². The summed E-state index contributed by atoms with van der Waals surface area (Å²) in [7, 11) is 0. The largest absolute Gasteiger partial charge is 0.368 e. The predicted octanol–water partition coefficient (Wildman–Crippen LogP) is -1.10. The highest BCUT2D eigenvalue weighted by atomic mass is 35.5. The molecule has 25 heteroatoms. The van der Waals surface area contributed by atoms with Gasteiger partial charge in [0.25, 0.3) is 0 Å². The maximum absolute atomic E-state index is 5.76. The number of aromatic nitrogens is 12. The topological polar surface area (TPSA) is 393 Å². The first-order chi connectivity index (χ1) is 26.5. The third-order valence-corrected chi connectivity index (χ3v) is 8.19. The van der Waals surface area contributed by atoms with Crippen LogP contribution in [0.15, 0.2) is 0 Å². The van der Waals surface area contributed by atoms with E-state index in [1.165, 1.54) is 32.1 Å². The second-order valence-corrected chi connectivity index (χ2v) is 13.0. The van der Waals surface area contributed by atoms with Gasteiger partial charge >= 0.3 is 0 Å². The van der Waals surface area contributed by atoms with Gasteiger partial charge in [0, 0.05) is 13.1 Å². The maximum Gasteiger partial charge on any atom is 0.225 e. The van der Waals surface area contributed by atoms with Gasteiger partial charge in [0.1, 0.15) is 23.3 Å². The summed E-state index contributed by atoms with van der Waals surface area (Å²) in [5, 5.41) is 7.08. The lowest BCUT2D eigenvalue weighted by Crippen LogP contribution is -2.29. The standard InChI is InChI=1S/C31H56N24.ClH/c32-24-42-20(43-25(33)50-24)16-54(17-21-44-26(34)51-27(35)45-21)14-8-12-40-10-6-4-2-1-3-5-7-11-41-13-9-15-55(18-22-46-28(36)52-29(37)47-22)19-23-48-30(38)53-31(39)49-23;/h40-41H,1-19H2,(H4,32,33,42,43,50)(H4,34,35,44,45,51)(H4,36,37,46,47,52)(H4,38,39,48,49,53);1H. The van der Waals surface area contributed by atoms with Gasteiger partial charge < -0.3 is 56.5 Å². The summed E-state index contributed by atoms with van der Waals surface area (Å²) in [4.78, 5) is 53.1. The van der Waals surface area contributed by atoms with Gasteiger partial charge in [-0.1, -0.05) is 32.1 Å². The minimum Gasteiger partial charge on any atom is -0.368 e. The molecule has 0 atom stereocenters. The number of hydrogen-bond donors (Lipinski definition) is 10. The van der Waals surface area contributed by atoms with Gasteiger partial charge in [-0.25, -0.2) is 0 Å². The number of nitrogens with one attached hydrogen (secondary N) is 2. The molecule has 0 aliphatic rings. The predicted molar refractivity (Wildman–Crippen MR) is 217 cm³/mol. The van der Waals surface area contributed by atoms with Crippen LogP contribution in [-0.2, 0) is 26.2 Å². The van der Waals surface area contributed by atoms with E-state index in [1.807, 2.05) is 0 Å². The first kappa shape index (κ1) is 45.0. The van der Waals surface area contributed by atoms with Crippen LogP contribution in [0.4, 0.5) is 47.6 Å². The third kappa shape index (κ3) is 17.8. The molecule has 0 aromatic carbocycles. The van der Waals surface area contributed by atoms with Crippen LogP contribution in [0, 0.1) is 0 Å². The fraction of sp³-hybridized carbons (Fsp3) is 0.613. The van der Waals surface area contributed by atoms with E-state index in [9.17, 15) is 0 Å². The Bertz CT molecular complexity index is 1440. The first-order valence-electron chi connectivity index (χ1n) is 18.4. The molecule has 18 N–H and O–H groups in total. The van der Waals surface area contributed by atoms with E-state index >= 15 is 0 Å². The van der Waals surface area contributed by atoms with Crippen molar-refractivity contribution in [2.75, 3.05) is 85.1 Å². The highest BCUT2D eigenvalue weighted by Gasteiger charge is 2.15. The molecule has 0 aliphatic heterocycles. The summed E-state index contributed by atoms with van der Waals surface area (Å²) in [6.07, 6.45) is 10.1. The van der Waals surface area contributed by atoms with Crippen molar-refractivity contribution in [1.29, 1.82) is 0 Å². The van der Waals surface area contributed by atoms with E-state index in [1.54, 1.807) is 0 Å². The molecule has 4 heterocycles. The second-order valence-electron chi connectivity index (χ2n) is 13.0. The third-order valence-electron chi connectivity index (χ3n) is 8.19. The SMILES string of the molecule is Cl.Nc1nc(N)nc(CN(CCCNCCCCCCCCCNCCCN(Cc2nc(N)nc(N)n2)Cc2nc(N)nc(N)n2)Cc2nc(N)nc(N)n2)n1. The van der Waals surface area contributed by atoms with Crippen LogP contribution in [0.25, 0.3) is 0 Å². The van der Waals surface area contributed by atoms with Gasteiger partial charge in [0.2, 0.25) is 47.6 Å². The minimum absolute atomic E-state index is 0. The first-order valence-corrected chi connectivity index (χ1v) is 18.4. The summed E-state index contributed by atoms with van der Waals surface area (Å²) in [6, 6.07) is 0. The number of halogens is 1. The van der Waals surface area contributed by atoms with Crippen molar-refractivity contribution in [3.8, 4) is 0 Å². The second kappa shape index (κ2) is 24.2. The van der Waals surface area contributed by atoms with Crippen LogP contribution in [0.1, 0.15) is 81.1 Å². The lowest BCUT2D eigenvalue weighted by atomic mass is 10.1. The molecule has 56 heavy (non-hydrogen) atoms. The Morgan fingerprint density at radius 3 is 0.768 bits per heavy atom. The summed E-state index contributed by atoms with van der Waals surface area (Å²) in [5.41, 5.74) is 46.1. The average molecular weight is 801 g/mol. The van der Waals surface area contributed by atoms with Crippen molar-refractivity contribution in [3.63, 3.8) is 0 Å². The molecule has 4 rings (SSSR count). The molecular weight excluding hydrogens is 744 g/mol. The highest BCUT2D eigenvalue weighted by molar-refractivity contribution is 5.85.